The fourth-order valence-electron chi connectivity index (χ4n) is 1.72. The van der Waals surface area contributed by atoms with Gasteiger partial charge in [-0.1, -0.05) is 27.7 Å². The summed E-state index contributed by atoms with van der Waals surface area (Å²) in [6.07, 6.45) is 0. The fourth-order valence-corrected chi connectivity index (χ4v) is 2.83. The normalized spacial score (nSPS) is 11.2. The van der Waals surface area contributed by atoms with Gasteiger partial charge in [-0.3, -0.25) is 4.79 Å². The highest BCUT2D eigenvalue weighted by molar-refractivity contribution is 7.80. The Balaban J connectivity index is 2.78. The predicted molar refractivity (Wildman–Crippen MR) is 77.2 cm³/mol. The molecule has 0 aromatic carbocycles. The molecule has 96 valence electrons. The zero-order valence-corrected chi connectivity index (χ0v) is 12.6. The number of thiophene rings is 1. The number of rotatable bonds is 5. The highest BCUT2D eigenvalue weighted by Gasteiger charge is 2.19. The van der Waals surface area contributed by atoms with E-state index in [1.807, 2.05) is 16.3 Å². The number of nitrogens with zero attached hydrogens (tertiary/aromatic N) is 1. The maximum absolute atomic E-state index is 12.3. The summed E-state index contributed by atoms with van der Waals surface area (Å²) in [6.45, 7) is 10.2. The number of hydrogen-bond acceptors (Lipinski definition) is 3. The van der Waals surface area contributed by atoms with Crippen LogP contribution in [-0.4, -0.2) is 23.9 Å². The lowest BCUT2D eigenvalue weighted by molar-refractivity contribution is 0.0720. The van der Waals surface area contributed by atoms with Crippen LogP contribution in [0, 0.1) is 11.8 Å². The van der Waals surface area contributed by atoms with Crippen molar-refractivity contribution in [3.05, 3.63) is 16.3 Å². The Morgan fingerprint density at radius 3 is 2.18 bits per heavy atom. The molecule has 0 bridgehead atoms. The second-order valence-electron chi connectivity index (χ2n) is 5.17. The van der Waals surface area contributed by atoms with Crippen molar-refractivity contribution in [3.8, 4) is 0 Å². The predicted octanol–water partition coefficient (Wildman–Crippen LogP) is 3.79. The smallest absolute Gasteiger partial charge is 0.263 e. The van der Waals surface area contributed by atoms with Crippen molar-refractivity contribution in [3.63, 3.8) is 0 Å². The minimum Gasteiger partial charge on any atom is -0.337 e. The van der Waals surface area contributed by atoms with Gasteiger partial charge in [0.15, 0.2) is 0 Å². The Hall–Kier alpha value is -0.480. The molecule has 2 nitrogen and oxygen atoms in total. The first-order chi connectivity index (χ1) is 7.90. The quantitative estimate of drug-likeness (QED) is 0.808. The van der Waals surface area contributed by atoms with Crippen molar-refractivity contribution in [2.45, 2.75) is 32.6 Å². The minimum absolute atomic E-state index is 0.137. The maximum atomic E-state index is 12.3. The molecule has 0 radical (unpaired) electrons. The molecular weight excluding hydrogens is 250 g/mol. The lowest BCUT2D eigenvalue weighted by Crippen LogP contribution is -2.36. The summed E-state index contributed by atoms with van der Waals surface area (Å²) in [4.78, 5) is 15.9. The summed E-state index contributed by atoms with van der Waals surface area (Å²) in [7, 11) is 0. The molecule has 0 spiro atoms. The maximum Gasteiger partial charge on any atom is 0.263 e. The Kier molecular flexibility index (Phi) is 5.53. The number of hydrogen-bond donors (Lipinski definition) is 1. The number of thiol groups is 1. The SMILES string of the molecule is CC(C)CN(CC(C)C)C(=O)c1cc(S)cs1. The number of carbonyl (C=O) groups is 1. The van der Waals surface area contributed by atoms with Crippen molar-refractivity contribution in [2.75, 3.05) is 13.1 Å². The van der Waals surface area contributed by atoms with Crippen LogP contribution in [0.4, 0.5) is 0 Å². The van der Waals surface area contributed by atoms with Gasteiger partial charge in [0.05, 0.1) is 4.88 Å². The monoisotopic (exact) mass is 271 g/mol. The molecular formula is C13H21NOS2. The summed E-state index contributed by atoms with van der Waals surface area (Å²) in [6, 6.07) is 1.85. The first kappa shape index (κ1) is 14.6. The van der Waals surface area contributed by atoms with Crippen LogP contribution < -0.4 is 0 Å². The van der Waals surface area contributed by atoms with Crippen molar-refractivity contribution in [1.29, 1.82) is 0 Å². The second kappa shape index (κ2) is 6.45. The standard InChI is InChI=1S/C13H21NOS2/c1-9(2)6-14(7-10(3)4)13(15)12-5-11(16)8-17-12/h5,8-10,16H,6-7H2,1-4H3. The van der Waals surface area contributed by atoms with E-state index < -0.39 is 0 Å². The number of amides is 1. The van der Waals surface area contributed by atoms with Gasteiger partial charge < -0.3 is 4.90 Å². The van der Waals surface area contributed by atoms with E-state index in [0.29, 0.717) is 11.8 Å². The molecule has 1 heterocycles. The molecule has 0 saturated carbocycles. The van der Waals surface area contributed by atoms with Crippen molar-refractivity contribution in [2.24, 2.45) is 11.8 Å². The Morgan fingerprint density at radius 1 is 1.29 bits per heavy atom. The van der Waals surface area contributed by atoms with E-state index in [0.717, 1.165) is 22.9 Å². The lowest BCUT2D eigenvalue weighted by atomic mass is 10.1. The molecule has 17 heavy (non-hydrogen) atoms. The molecule has 1 aromatic rings. The summed E-state index contributed by atoms with van der Waals surface area (Å²) in [5.74, 6) is 1.12. The van der Waals surface area contributed by atoms with E-state index in [2.05, 4.69) is 40.3 Å². The molecule has 1 amide bonds. The average Bonchev–Trinajstić information content (AvgIpc) is 2.61. The molecule has 0 saturated heterocycles. The molecule has 0 aliphatic heterocycles. The third kappa shape index (κ3) is 4.72. The van der Waals surface area contributed by atoms with Crippen LogP contribution >= 0.6 is 24.0 Å². The van der Waals surface area contributed by atoms with Crippen LogP contribution in [0.1, 0.15) is 37.4 Å². The first-order valence-corrected chi connectivity index (χ1v) is 7.29. The lowest BCUT2D eigenvalue weighted by Gasteiger charge is -2.25. The molecule has 0 fully saturated rings. The van der Waals surface area contributed by atoms with Crippen LogP contribution in [0.5, 0.6) is 0 Å². The summed E-state index contributed by atoms with van der Waals surface area (Å²) in [5.41, 5.74) is 0. The Bertz CT molecular complexity index is 361. The second-order valence-corrected chi connectivity index (χ2v) is 6.59. The molecule has 0 aliphatic carbocycles. The van der Waals surface area contributed by atoms with Crippen molar-refractivity contribution in [1.82, 2.24) is 4.90 Å². The van der Waals surface area contributed by atoms with E-state index in [1.54, 1.807) is 0 Å². The average molecular weight is 271 g/mol. The van der Waals surface area contributed by atoms with Gasteiger partial charge in [0.25, 0.3) is 5.91 Å². The molecule has 0 N–H and O–H groups in total. The van der Waals surface area contributed by atoms with Gasteiger partial charge in [-0.2, -0.15) is 0 Å². The van der Waals surface area contributed by atoms with Gasteiger partial charge >= 0.3 is 0 Å². The summed E-state index contributed by atoms with van der Waals surface area (Å²) in [5, 5.41) is 1.90. The zero-order valence-electron chi connectivity index (χ0n) is 10.9. The first-order valence-electron chi connectivity index (χ1n) is 5.97. The van der Waals surface area contributed by atoms with E-state index in [4.69, 9.17) is 0 Å². The molecule has 0 atom stereocenters. The van der Waals surface area contributed by atoms with Crippen LogP contribution in [-0.2, 0) is 0 Å². The minimum atomic E-state index is 0.137. The van der Waals surface area contributed by atoms with Crippen molar-refractivity contribution >= 4 is 29.9 Å². The van der Waals surface area contributed by atoms with Gasteiger partial charge in [0, 0.05) is 23.4 Å². The molecule has 0 aliphatic rings. The highest BCUT2D eigenvalue weighted by Crippen LogP contribution is 2.20. The third-order valence-electron chi connectivity index (χ3n) is 2.25. The number of carbonyl (C=O) groups excluding carboxylic acids is 1. The largest absolute Gasteiger partial charge is 0.337 e. The van der Waals surface area contributed by atoms with Crippen LogP contribution in [0.2, 0.25) is 0 Å². The van der Waals surface area contributed by atoms with E-state index in [9.17, 15) is 4.79 Å². The summed E-state index contributed by atoms with van der Waals surface area (Å²) < 4.78 is 0. The van der Waals surface area contributed by atoms with Crippen LogP contribution in [0.15, 0.2) is 16.3 Å². The fraction of sp³-hybridized carbons (Fsp3) is 0.615. The molecule has 1 rings (SSSR count). The van der Waals surface area contributed by atoms with E-state index >= 15 is 0 Å². The van der Waals surface area contributed by atoms with E-state index in [1.165, 1.54) is 11.3 Å². The topological polar surface area (TPSA) is 20.3 Å². The van der Waals surface area contributed by atoms with Crippen LogP contribution in [0.25, 0.3) is 0 Å². The third-order valence-corrected chi connectivity index (χ3v) is 3.61. The Morgan fingerprint density at radius 2 is 1.82 bits per heavy atom. The van der Waals surface area contributed by atoms with Gasteiger partial charge in [0.1, 0.15) is 0 Å². The summed E-state index contributed by atoms with van der Waals surface area (Å²) >= 11 is 5.72. The molecule has 4 heteroatoms. The van der Waals surface area contributed by atoms with E-state index in [-0.39, 0.29) is 5.91 Å². The van der Waals surface area contributed by atoms with Gasteiger partial charge in [0.2, 0.25) is 0 Å². The Labute approximate surface area is 113 Å². The molecule has 0 unspecified atom stereocenters. The van der Waals surface area contributed by atoms with Crippen LogP contribution in [0.3, 0.4) is 0 Å². The van der Waals surface area contributed by atoms with Gasteiger partial charge in [-0.15, -0.1) is 24.0 Å². The van der Waals surface area contributed by atoms with Gasteiger partial charge in [-0.05, 0) is 17.9 Å². The zero-order chi connectivity index (χ0) is 13.0. The van der Waals surface area contributed by atoms with Gasteiger partial charge in [-0.25, -0.2) is 0 Å². The highest BCUT2D eigenvalue weighted by atomic mass is 32.1. The molecule has 1 aromatic heterocycles. The van der Waals surface area contributed by atoms with Crippen molar-refractivity contribution < 1.29 is 4.79 Å².